The molecule has 1 aliphatic rings. The summed E-state index contributed by atoms with van der Waals surface area (Å²) in [5.41, 5.74) is 0.914. The summed E-state index contributed by atoms with van der Waals surface area (Å²) in [5, 5.41) is 8.64. The smallest absolute Gasteiger partial charge is 0.345 e. The third-order valence-electron chi connectivity index (χ3n) is 1.82. The van der Waals surface area contributed by atoms with Crippen molar-refractivity contribution in [2.75, 3.05) is 0 Å². The molecule has 0 fully saturated rings. The highest BCUT2D eigenvalue weighted by Crippen LogP contribution is 2.26. The molecule has 0 saturated carbocycles. The molecule has 0 saturated heterocycles. The Labute approximate surface area is 68.8 Å². The van der Waals surface area contributed by atoms with E-state index < -0.39 is 12.1 Å². The lowest BCUT2D eigenvalue weighted by Crippen LogP contribution is -2.24. The molecule has 1 aromatic rings. The molecule has 12 heavy (non-hydrogen) atoms. The van der Waals surface area contributed by atoms with Crippen LogP contribution in [0.3, 0.4) is 0 Å². The first-order valence-corrected chi connectivity index (χ1v) is 3.60. The Bertz CT molecular complexity index is 299. The number of carboxylic acid groups (broad SMARTS) is 1. The van der Waals surface area contributed by atoms with E-state index in [2.05, 4.69) is 4.98 Å². The van der Waals surface area contributed by atoms with Crippen molar-refractivity contribution in [1.29, 1.82) is 0 Å². The third-order valence-corrected chi connectivity index (χ3v) is 1.82. The van der Waals surface area contributed by atoms with Crippen LogP contribution in [0.25, 0.3) is 0 Å². The van der Waals surface area contributed by atoms with Gasteiger partial charge in [-0.1, -0.05) is 0 Å². The highest BCUT2D eigenvalue weighted by Gasteiger charge is 2.28. The molecular formula is C8H7NO3. The summed E-state index contributed by atoms with van der Waals surface area (Å²) in [7, 11) is 0. The average molecular weight is 165 g/mol. The fraction of sp³-hybridized carbons (Fsp3) is 0.250. The van der Waals surface area contributed by atoms with Crippen LogP contribution in [-0.2, 0) is 11.2 Å². The quantitative estimate of drug-likeness (QED) is 0.657. The van der Waals surface area contributed by atoms with Crippen LogP contribution >= 0.6 is 0 Å². The maximum atomic E-state index is 10.5. The van der Waals surface area contributed by atoms with Crippen LogP contribution < -0.4 is 4.74 Å². The molecule has 1 aromatic heterocycles. The molecule has 62 valence electrons. The van der Waals surface area contributed by atoms with Gasteiger partial charge in [-0.25, -0.2) is 4.79 Å². The van der Waals surface area contributed by atoms with Crippen molar-refractivity contribution < 1.29 is 14.6 Å². The molecule has 0 spiro atoms. The molecule has 4 nitrogen and oxygen atoms in total. The first-order valence-electron chi connectivity index (χ1n) is 3.60. The van der Waals surface area contributed by atoms with Gasteiger partial charge in [0.1, 0.15) is 5.75 Å². The van der Waals surface area contributed by atoms with E-state index in [-0.39, 0.29) is 0 Å². The molecule has 1 atom stereocenters. The SMILES string of the molecule is O=C(O)C1Cc2ccncc2O1. The number of pyridine rings is 1. The van der Waals surface area contributed by atoms with Crippen molar-refractivity contribution >= 4 is 5.97 Å². The van der Waals surface area contributed by atoms with Crippen molar-refractivity contribution in [3.63, 3.8) is 0 Å². The third kappa shape index (κ3) is 1.01. The Morgan fingerprint density at radius 1 is 1.75 bits per heavy atom. The fourth-order valence-corrected chi connectivity index (χ4v) is 1.22. The summed E-state index contributed by atoms with van der Waals surface area (Å²) in [6.45, 7) is 0. The van der Waals surface area contributed by atoms with Crippen molar-refractivity contribution in [3.05, 3.63) is 24.0 Å². The van der Waals surface area contributed by atoms with Gasteiger partial charge in [0.25, 0.3) is 0 Å². The van der Waals surface area contributed by atoms with Crippen LogP contribution in [0, 0.1) is 0 Å². The molecule has 0 bridgehead atoms. The van der Waals surface area contributed by atoms with Gasteiger partial charge in [-0.3, -0.25) is 4.98 Å². The molecule has 1 unspecified atom stereocenters. The van der Waals surface area contributed by atoms with E-state index in [1.165, 1.54) is 6.20 Å². The van der Waals surface area contributed by atoms with Gasteiger partial charge in [-0.05, 0) is 6.07 Å². The van der Waals surface area contributed by atoms with Gasteiger partial charge in [0.2, 0.25) is 0 Å². The topological polar surface area (TPSA) is 59.4 Å². The van der Waals surface area contributed by atoms with Gasteiger partial charge in [0.15, 0.2) is 6.10 Å². The van der Waals surface area contributed by atoms with Gasteiger partial charge in [-0.2, -0.15) is 0 Å². The maximum absolute atomic E-state index is 10.5. The second-order valence-corrected chi connectivity index (χ2v) is 2.63. The number of ether oxygens (including phenoxy) is 1. The van der Waals surface area contributed by atoms with E-state index in [4.69, 9.17) is 9.84 Å². The maximum Gasteiger partial charge on any atom is 0.345 e. The average Bonchev–Trinajstić information content (AvgIpc) is 2.46. The molecule has 4 heteroatoms. The van der Waals surface area contributed by atoms with Gasteiger partial charge in [0, 0.05) is 18.2 Å². The zero-order valence-electron chi connectivity index (χ0n) is 6.23. The lowest BCUT2D eigenvalue weighted by molar-refractivity contribution is -0.144. The molecule has 0 amide bonds. The summed E-state index contributed by atoms with van der Waals surface area (Å²) in [6, 6.07) is 1.78. The molecule has 0 aliphatic carbocycles. The number of aromatic nitrogens is 1. The Kier molecular flexibility index (Phi) is 1.46. The van der Waals surface area contributed by atoms with Crippen LogP contribution in [0.2, 0.25) is 0 Å². The van der Waals surface area contributed by atoms with E-state index in [1.807, 2.05) is 0 Å². The summed E-state index contributed by atoms with van der Waals surface area (Å²) in [6.07, 6.45) is 2.88. The minimum absolute atomic E-state index is 0.438. The standard InChI is InChI=1S/C8H7NO3/c10-8(11)6-3-5-1-2-9-4-7(5)12-6/h1-2,4,6H,3H2,(H,10,11). The first-order chi connectivity index (χ1) is 5.77. The molecule has 1 N–H and O–H groups in total. The van der Waals surface area contributed by atoms with E-state index in [9.17, 15) is 4.79 Å². The summed E-state index contributed by atoms with van der Waals surface area (Å²) >= 11 is 0. The summed E-state index contributed by atoms with van der Waals surface area (Å²) in [4.78, 5) is 14.4. The molecule has 2 rings (SSSR count). The highest BCUT2D eigenvalue weighted by molar-refractivity contribution is 5.74. The van der Waals surface area contributed by atoms with Gasteiger partial charge in [0.05, 0.1) is 6.20 Å². The number of hydrogen-bond donors (Lipinski definition) is 1. The van der Waals surface area contributed by atoms with Crippen LogP contribution in [0.15, 0.2) is 18.5 Å². The second kappa shape index (κ2) is 2.48. The fourth-order valence-electron chi connectivity index (χ4n) is 1.22. The lowest BCUT2D eigenvalue weighted by atomic mass is 10.1. The number of rotatable bonds is 1. The normalized spacial score (nSPS) is 19.8. The van der Waals surface area contributed by atoms with E-state index in [1.54, 1.807) is 12.3 Å². The van der Waals surface area contributed by atoms with Gasteiger partial charge in [-0.15, -0.1) is 0 Å². The van der Waals surface area contributed by atoms with Crippen molar-refractivity contribution in [2.45, 2.75) is 12.5 Å². The Balaban J connectivity index is 2.27. The molecule has 2 heterocycles. The van der Waals surface area contributed by atoms with Gasteiger partial charge < -0.3 is 9.84 Å². The van der Waals surface area contributed by atoms with Crippen molar-refractivity contribution in [2.24, 2.45) is 0 Å². The predicted molar refractivity (Wildman–Crippen MR) is 40.0 cm³/mol. The number of fused-ring (bicyclic) bond motifs is 1. The number of hydrogen-bond acceptors (Lipinski definition) is 3. The van der Waals surface area contributed by atoms with Crippen LogP contribution in [0.5, 0.6) is 5.75 Å². The number of aliphatic carboxylic acids is 1. The van der Waals surface area contributed by atoms with Crippen molar-refractivity contribution in [3.8, 4) is 5.75 Å². The second-order valence-electron chi connectivity index (χ2n) is 2.63. The van der Waals surface area contributed by atoms with Crippen molar-refractivity contribution in [1.82, 2.24) is 4.98 Å². The minimum Gasteiger partial charge on any atom is -0.478 e. The molecule has 0 radical (unpaired) electrons. The van der Waals surface area contributed by atoms with Crippen LogP contribution in [-0.4, -0.2) is 22.2 Å². The first kappa shape index (κ1) is 7.09. The summed E-state index contributed by atoms with van der Waals surface area (Å²) < 4.78 is 5.11. The lowest BCUT2D eigenvalue weighted by Gasteiger charge is -2.02. The van der Waals surface area contributed by atoms with Crippen LogP contribution in [0.1, 0.15) is 5.56 Å². The Morgan fingerprint density at radius 2 is 2.58 bits per heavy atom. The zero-order chi connectivity index (χ0) is 8.55. The molecule has 0 aromatic carbocycles. The number of nitrogens with zero attached hydrogens (tertiary/aromatic N) is 1. The van der Waals surface area contributed by atoms with E-state index in [0.29, 0.717) is 12.2 Å². The zero-order valence-corrected chi connectivity index (χ0v) is 6.23. The number of carboxylic acids is 1. The Hall–Kier alpha value is -1.58. The number of carbonyl (C=O) groups is 1. The van der Waals surface area contributed by atoms with E-state index in [0.717, 1.165) is 5.56 Å². The predicted octanol–water partition coefficient (Wildman–Crippen LogP) is 0.470. The molecular weight excluding hydrogens is 158 g/mol. The summed E-state index contributed by atoms with van der Waals surface area (Å²) in [5.74, 6) is -0.337. The molecule has 1 aliphatic heterocycles. The Morgan fingerprint density at radius 3 is 3.25 bits per heavy atom. The van der Waals surface area contributed by atoms with Gasteiger partial charge >= 0.3 is 5.97 Å². The minimum atomic E-state index is -0.925. The van der Waals surface area contributed by atoms with Crippen LogP contribution in [0.4, 0.5) is 0 Å². The largest absolute Gasteiger partial charge is 0.478 e. The highest BCUT2D eigenvalue weighted by atomic mass is 16.5. The van der Waals surface area contributed by atoms with E-state index >= 15 is 0 Å². The monoisotopic (exact) mass is 165 g/mol.